The summed E-state index contributed by atoms with van der Waals surface area (Å²) in [6.07, 6.45) is 0.949. The number of rotatable bonds is 7. The second-order valence-corrected chi connectivity index (χ2v) is 5.75. The Bertz CT molecular complexity index is 424. The third-order valence-electron chi connectivity index (χ3n) is 3.65. The molecule has 0 aliphatic heterocycles. The van der Waals surface area contributed by atoms with Crippen LogP contribution in [0.3, 0.4) is 0 Å². The number of carboxylic acids is 1. The van der Waals surface area contributed by atoms with Gasteiger partial charge in [0.05, 0.1) is 11.5 Å². The van der Waals surface area contributed by atoms with Gasteiger partial charge >= 0.3 is 5.97 Å². The normalized spacial score (nSPS) is 13.0. The lowest BCUT2D eigenvalue weighted by atomic mass is 9.79. The molecule has 1 aromatic rings. The molecular formula is C14H21NO3S. The van der Waals surface area contributed by atoms with Crippen LogP contribution in [0.4, 0.5) is 0 Å². The molecule has 0 saturated carbocycles. The molecule has 0 radical (unpaired) electrons. The smallest absolute Gasteiger partial charge is 0.310 e. The van der Waals surface area contributed by atoms with E-state index in [1.54, 1.807) is 11.3 Å². The van der Waals surface area contributed by atoms with Crippen LogP contribution >= 0.6 is 11.3 Å². The van der Waals surface area contributed by atoms with Crippen LogP contribution in [0, 0.1) is 5.41 Å². The standard InChI is InChI=1S/C14H21NO3S/c1-4-14(5-2,13(17)18)9-12(16)15-10(3)11-7-6-8-19-11/h6-8,10H,4-5,9H2,1-3H3,(H,15,16)(H,17,18)/t10-/m0/s1. The van der Waals surface area contributed by atoms with Crippen molar-refractivity contribution in [3.63, 3.8) is 0 Å². The molecule has 1 atom stereocenters. The Labute approximate surface area is 117 Å². The van der Waals surface area contributed by atoms with E-state index >= 15 is 0 Å². The lowest BCUT2D eigenvalue weighted by molar-refractivity contribution is -0.152. The summed E-state index contributed by atoms with van der Waals surface area (Å²) in [6.45, 7) is 5.53. The van der Waals surface area contributed by atoms with Gasteiger partial charge in [-0.25, -0.2) is 0 Å². The SMILES string of the molecule is CCC(CC)(CC(=O)N[C@@H](C)c1cccs1)C(=O)O. The molecule has 1 aromatic heterocycles. The summed E-state index contributed by atoms with van der Waals surface area (Å²) in [5, 5.41) is 14.1. The van der Waals surface area contributed by atoms with Gasteiger partial charge in [-0.3, -0.25) is 9.59 Å². The first-order valence-electron chi connectivity index (χ1n) is 6.51. The van der Waals surface area contributed by atoms with Gasteiger partial charge in [0.1, 0.15) is 0 Å². The largest absolute Gasteiger partial charge is 0.481 e. The maximum absolute atomic E-state index is 12.0. The average Bonchev–Trinajstić information content (AvgIpc) is 2.89. The van der Waals surface area contributed by atoms with E-state index in [1.807, 2.05) is 38.3 Å². The molecule has 19 heavy (non-hydrogen) atoms. The Kier molecular flexibility index (Phi) is 5.54. The van der Waals surface area contributed by atoms with Gasteiger partial charge in [-0.2, -0.15) is 0 Å². The average molecular weight is 283 g/mol. The number of thiophene rings is 1. The topological polar surface area (TPSA) is 66.4 Å². The predicted octanol–water partition coefficient (Wildman–Crippen LogP) is 3.21. The molecule has 0 bridgehead atoms. The van der Waals surface area contributed by atoms with Crippen molar-refractivity contribution in [3.8, 4) is 0 Å². The molecule has 0 fully saturated rings. The number of nitrogens with one attached hydrogen (secondary N) is 1. The van der Waals surface area contributed by atoms with Gasteiger partial charge in [-0.15, -0.1) is 11.3 Å². The Morgan fingerprint density at radius 3 is 2.47 bits per heavy atom. The molecule has 1 amide bonds. The highest BCUT2D eigenvalue weighted by molar-refractivity contribution is 7.10. The predicted molar refractivity (Wildman–Crippen MR) is 76.1 cm³/mol. The third-order valence-corrected chi connectivity index (χ3v) is 4.71. The van der Waals surface area contributed by atoms with Crippen molar-refractivity contribution < 1.29 is 14.7 Å². The lowest BCUT2D eigenvalue weighted by Gasteiger charge is -2.26. The number of aliphatic carboxylic acids is 1. The van der Waals surface area contributed by atoms with Gasteiger partial charge in [-0.05, 0) is 31.2 Å². The Balaban J connectivity index is 2.66. The molecule has 0 spiro atoms. The van der Waals surface area contributed by atoms with Crippen molar-refractivity contribution in [3.05, 3.63) is 22.4 Å². The summed E-state index contributed by atoms with van der Waals surface area (Å²) < 4.78 is 0. The van der Waals surface area contributed by atoms with Crippen molar-refractivity contribution in [1.29, 1.82) is 0 Å². The number of carboxylic acid groups (broad SMARTS) is 1. The molecule has 1 rings (SSSR count). The first kappa shape index (κ1) is 15.7. The second kappa shape index (κ2) is 6.70. The molecule has 0 aromatic carbocycles. The molecule has 1 heterocycles. The van der Waals surface area contributed by atoms with Crippen LogP contribution in [0.2, 0.25) is 0 Å². The molecule has 0 saturated heterocycles. The summed E-state index contributed by atoms with van der Waals surface area (Å²) >= 11 is 1.58. The van der Waals surface area contributed by atoms with E-state index < -0.39 is 11.4 Å². The van der Waals surface area contributed by atoms with Gasteiger partial charge < -0.3 is 10.4 Å². The number of hydrogen-bond donors (Lipinski definition) is 2. The molecule has 4 nitrogen and oxygen atoms in total. The third kappa shape index (κ3) is 3.80. The van der Waals surface area contributed by atoms with Crippen molar-refractivity contribution in [2.45, 2.75) is 46.1 Å². The Morgan fingerprint density at radius 2 is 2.05 bits per heavy atom. The molecular weight excluding hydrogens is 262 g/mol. The zero-order valence-corrected chi connectivity index (χ0v) is 12.4. The van der Waals surface area contributed by atoms with Gasteiger partial charge in [0.15, 0.2) is 0 Å². The van der Waals surface area contributed by atoms with Crippen LogP contribution in [0.5, 0.6) is 0 Å². The fourth-order valence-corrected chi connectivity index (χ4v) is 2.82. The molecule has 106 valence electrons. The second-order valence-electron chi connectivity index (χ2n) is 4.77. The molecule has 0 aliphatic carbocycles. The number of amides is 1. The van der Waals surface area contributed by atoms with E-state index in [0.717, 1.165) is 4.88 Å². The fraction of sp³-hybridized carbons (Fsp3) is 0.571. The summed E-state index contributed by atoms with van der Waals surface area (Å²) in [7, 11) is 0. The molecule has 2 N–H and O–H groups in total. The quantitative estimate of drug-likeness (QED) is 0.807. The number of carbonyl (C=O) groups excluding carboxylic acids is 1. The molecule has 5 heteroatoms. The van der Waals surface area contributed by atoms with Gasteiger partial charge in [0, 0.05) is 11.3 Å². The fourth-order valence-electron chi connectivity index (χ4n) is 2.09. The van der Waals surface area contributed by atoms with Crippen LogP contribution < -0.4 is 5.32 Å². The van der Waals surface area contributed by atoms with Crippen LogP contribution in [-0.4, -0.2) is 17.0 Å². The van der Waals surface area contributed by atoms with Gasteiger partial charge in [0.2, 0.25) is 5.91 Å². The van der Waals surface area contributed by atoms with Crippen molar-refractivity contribution >= 4 is 23.2 Å². The number of carbonyl (C=O) groups is 2. The van der Waals surface area contributed by atoms with E-state index in [-0.39, 0.29) is 18.4 Å². The van der Waals surface area contributed by atoms with Crippen LogP contribution in [0.1, 0.15) is 51.0 Å². The molecule has 0 unspecified atom stereocenters. The van der Waals surface area contributed by atoms with E-state index in [1.165, 1.54) is 0 Å². The van der Waals surface area contributed by atoms with Gasteiger partial charge in [-0.1, -0.05) is 19.9 Å². The first-order valence-corrected chi connectivity index (χ1v) is 7.39. The number of hydrogen-bond acceptors (Lipinski definition) is 3. The molecule has 0 aliphatic rings. The van der Waals surface area contributed by atoms with Crippen molar-refractivity contribution in [1.82, 2.24) is 5.32 Å². The Morgan fingerprint density at radius 1 is 1.42 bits per heavy atom. The maximum atomic E-state index is 12.0. The van der Waals surface area contributed by atoms with E-state index in [4.69, 9.17) is 0 Å². The van der Waals surface area contributed by atoms with Crippen molar-refractivity contribution in [2.75, 3.05) is 0 Å². The minimum absolute atomic E-state index is 0.0328. The van der Waals surface area contributed by atoms with Crippen LogP contribution in [-0.2, 0) is 9.59 Å². The van der Waals surface area contributed by atoms with E-state index in [9.17, 15) is 14.7 Å². The van der Waals surface area contributed by atoms with Crippen LogP contribution in [0.15, 0.2) is 17.5 Å². The summed E-state index contributed by atoms with van der Waals surface area (Å²) in [4.78, 5) is 24.4. The zero-order valence-electron chi connectivity index (χ0n) is 11.6. The Hall–Kier alpha value is -1.36. The minimum Gasteiger partial charge on any atom is -0.481 e. The van der Waals surface area contributed by atoms with Crippen LogP contribution in [0.25, 0.3) is 0 Å². The monoisotopic (exact) mass is 283 g/mol. The summed E-state index contributed by atoms with van der Waals surface area (Å²) in [5.74, 6) is -1.09. The van der Waals surface area contributed by atoms with Gasteiger partial charge in [0.25, 0.3) is 0 Å². The lowest BCUT2D eigenvalue weighted by Crippen LogP contribution is -2.37. The minimum atomic E-state index is -0.945. The highest BCUT2D eigenvalue weighted by Gasteiger charge is 2.37. The highest BCUT2D eigenvalue weighted by Crippen LogP contribution is 2.31. The highest BCUT2D eigenvalue weighted by atomic mass is 32.1. The van der Waals surface area contributed by atoms with E-state index in [2.05, 4.69) is 5.32 Å². The first-order chi connectivity index (χ1) is 8.95. The zero-order chi connectivity index (χ0) is 14.5. The maximum Gasteiger partial charge on any atom is 0.310 e. The van der Waals surface area contributed by atoms with E-state index in [0.29, 0.717) is 12.8 Å². The van der Waals surface area contributed by atoms with Crippen molar-refractivity contribution in [2.24, 2.45) is 5.41 Å². The summed E-state index contributed by atoms with van der Waals surface area (Å²) in [5.41, 5.74) is -0.945. The summed E-state index contributed by atoms with van der Waals surface area (Å²) in [6, 6.07) is 3.81.